The number of esters is 3. The zero-order valence-electron chi connectivity index (χ0n) is 46.8. The fourth-order valence-corrected chi connectivity index (χ4v) is 8.92. The summed E-state index contributed by atoms with van der Waals surface area (Å²) < 4.78 is 16.9. The van der Waals surface area contributed by atoms with Crippen molar-refractivity contribution in [3.8, 4) is 0 Å². The highest BCUT2D eigenvalue weighted by molar-refractivity contribution is 5.71. The van der Waals surface area contributed by atoms with E-state index >= 15 is 0 Å². The van der Waals surface area contributed by atoms with Gasteiger partial charge in [-0.1, -0.05) is 268 Å². The molecule has 0 saturated heterocycles. The molecule has 0 amide bonds. The van der Waals surface area contributed by atoms with Crippen LogP contribution < -0.4 is 0 Å². The van der Waals surface area contributed by atoms with Gasteiger partial charge in [-0.3, -0.25) is 14.4 Å². The molecule has 0 unspecified atom stereocenters. The summed E-state index contributed by atoms with van der Waals surface area (Å²) in [6.45, 7) is 6.62. The first-order chi connectivity index (χ1) is 34.5. The third kappa shape index (κ3) is 56.3. The Morgan fingerprint density at radius 2 is 0.514 bits per heavy atom. The van der Waals surface area contributed by atoms with E-state index < -0.39 is 6.10 Å². The van der Waals surface area contributed by atoms with Crippen molar-refractivity contribution in [3.05, 3.63) is 48.6 Å². The molecular formula is C64H116O6. The van der Waals surface area contributed by atoms with Crippen molar-refractivity contribution < 1.29 is 28.6 Å². The SMILES string of the molecule is CCCCC/C=C/C/C=C/CCCCCCCCCCCC(=O)OC[C@@H](COC(=O)CCCCCCC/C=C/C/C=C/CCCCC)OC(=O)CCCCCCCCCCCCCCCCCCCC. The second-order valence-electron chi connectivity index (χ2n) is 20.6. The van der Waals surface area contributed by atoms with Gasteiger partial charge in [0.15, 0.2) is 6.10 Å². The van der Waals surface area contributed by atoms with Gasteiger partial charge in [-0.2, -0.15) is 0 Å². The Hall–Kier alpha value is -2.63. The minimum Gasteiger partial charge on any atom is -0.462 e. The Morgan fingerprint density at radius 3 is 0.814 bits per heavy atom. The van der Waals surface area contributed by atoms with E-state index in [1.54, 1.807) is 0 Å². The molecule has 0 aliphatic heterocycles. The maximum atomic E-state index is 12.9. The van der Waals surface area contributed by atoms with Crippen LogP contribution in [0, 0.1) is 0 Å². The molecule has 70 heavy (non-hydrogen) atoms. The fraction of sp³-hybridized carbons (Fsp3) is 0.828. The van der Waals surface area contributed by atoms with Gasteiger partial charge in [0.2, 0.25) is 0 Å². The summed E-state index contributed by atoms with van der Waals surface area (Å²) >= 11 is 0. The molecule has 1 atom stereocenters. The molecule has 0 aromatic heterocycles. The first-order valence-corrected chi connectivity index (χ1v) is 30.6. The molecule has 0 aromatic carbocycles. The average Bonchev–Trinajstić information content (AvgIpc) is 3.36. The van der Waals surface area contributed by atoms with Gasteiger partial charge < -0.3 is 14.2 Å². The zero-order valence-corrected chi connectivity index (χ0v) is 46.8. The number of allylic oxidation sites excluding steroid dienone is 8. The van der Waals surface area contributed by atoms with Crippen LogP contribution in [0.15, 0.2) is 48.6 Å². The average molecular weight is 982 g/mol. The highest BCUT2D eigenvalue weighted by atomic mass is 16.6. The summed E-state index contributed by atoms with van der Waals surface area (Å²) in [4.78, 5) is 38.2. The molecule has 0 N–H and O–H groups in total. The minimum atomic E-state index is -0.779. The molecule has 0 bridgehead atoms. The fourth-order valence-electron chi connectivity index (χ4n) is 8.92. The van der Waals surface area contributed by atoms with E-state index in [9.17, 15) is 14.4 Å². The molecule has 408 valence electrons. The number of hydrogen-bond acceptors (Lipinski definition) is 6. The molecule has 0 heterocycles. The standard InChI is InChI=1S/C64H116O6/c1-4-7-10-13-16-19-22-25-28-30-32-34-36-39-42-45-48-51-54-57-63(66)69-60-61(59-68-62(65)56-53-50-47-44-41-38-35-27-24-21-18-15-12-9-6-3)70-64(67)58-55-52-49-46-43-40-37-33-31-29-26-23-20-17-14-11-8-5-2/h16,18-19,21,25,27-28,35,61H,4-15,17,20,22-24,26,29-34,36-60H2,1-3H3/b19-16+,21-18+,28-25+,35-27+/t61-/m1/s1. The molecule has 0 aliphatic carbocycles. The molecule has 6 heteroatoms. The van der Waals surface area contributed by atoms with E-state index in [0.717, 1.165) is 83.5 Å². The van der Waals surface area contributed by atoms with Crippen LogP contribution in [-0.2, 0) is 28.6 Å². The largest absolute Gasteiger partial charge is 0.462 e. The first kappa shape index (κ1) is 67.4. The lowest BCUT2D eigenvalue weighted by atomic mass is 10.0. The zero-order chi connectivity index (χ0) is 50.7. The van der Waals surface area contributed by atoms with Crippen molar-refractivity contribution in [2.45, 2.75) is 329 Å². The monoisotopic (exact) mass is 981 g/mol. The van der Waals surface area contributed by atoms with Crippen molar-refractivity contribution >= 4 is 17.9 Å². The normalized spacial score (nSPS) is 12.3. The van der Waals surface area contributed by atoms with Crippen LogP contribution in [0.5, 0.6) is 0 Å². The van der Waals surface area contributed by atoms with Crippen molar-refractivity contribution in [2.24, 2.45) is 0 Å². The second-order valence-corrected chi connectivity index (χ2v) is 20.6. The maximum absolute atomic E-state index is 12.9. The van der Waals surface area contributed by atoms with E-state index in [4.69, 9.17) is 14.2 Å². The van der Waals surface area contributed by atoms with Crippen LogP contribution in [0.4, 0.5) is 0 Å². The minimum absolute atomic E-state index is 0.0768. The van der Waals surface area contributed by atoms with Crippen LogP contribution >= 0.6 is 0 Å². The van der Waals surface area contributed by atoms with Gasteiger partial charge >= 0.3 is 17.9 Å². The van der Waals surface area contributed by atoms with Crippen LogP contribution in [0.2, 0.25) is 0 Å². The van der Waals surface area contributed by atoms with Crippen molar-refractivity contribution in [1.29, 1.82) is 0 Å². The van der Waals surface area contributed by atoms with Crippen LogP contribution in [0.1, 0.15) is 323 Å². The Bertz CT molecular complexity index is 1220. The number of carbonyl (C=O) groups excluding carboxylic acids is 3. The Labute approximate surface area is 435 Å². The number of rotatable bonds is 56. The maximum Gasteiger partial charge on any atom is 0.306 e. The first-order valence-electron chi connectivity index (χ1n) is 30.6. The summed E-state index contributed by atoms with van der Waals surface area (Å²) in [5.74, 6) is -0.876. The van der Waals surface area contributed by atoms with Gasteiger partial charge in [0.25, 0.3) is 0 Å². The predicted molar refractivity (Wildman–Crippen MR) is 302 cm³/mol. The summed E-state index contributed by atoms with van der Waals surface area (Å²) in [7, 11) is 0. The van der Waals surface area contributed by atoms with Crippen molar-refractivity contribution in [1.82, 2.24) is 0 Å². The van der Waals surface area contributed by atoms with Crippen LogP contribution in [-0.4, -0.2) is 37.2 Å². The number of carbonyl (C=O) groups is 3. The van der Waals surface area contributed by atoms with E-state index in [0.29, 0.717) is 19.3 Å². The number of ether oxygens (including phenoxy) is 3. The Balaban J connectivity index is 4.36. The summed E-state index contributed by atoms with van der Waals surface area (Å²) in [6.07, 6.45) is 72.4. The van der Waals surface area contributed by atoms with Gasteiger partial charge in [-0.15, -0.1) is 0 Å². The molecule has 0 rings (SSSR count). The van der Waals surface area contributed by atoms with Crippen LogP contribution in [0.3, 0.4) is 0 Å². The summed E-state index contributed by atoms with van der Waals surface area (Å²) in [6, 6.07) is 0. The molecule has 0 aliphatic rings. The van der Waals surface area contributed by atoms with Crippen molar-refractivity contribution in [2.75, 3.05) is 13.2 Å². The van der Waals surface area contributed by atoms with E-state index in [1.807, 2.05) is 0 Å². The number of hydrogen-bond donors (Lipinski definition) is 0. The predicted octanol–water partition coefficient (Wildman–Crippen LogP) is 20.6. The molecule has 0 spiro atoms. The summed E-state index contributed by atoms with van der Waals surface area (Å²) in [5, 5.41) is 0. The van der Waals surface area contributed by atoms with Crippen LogP contribution in [0.25, 0.3) is 0 Å². The lowest BCUT2D eigenvalue weighted by Gasteiger charge is -2.18. The smallest absolute Gasteiger partial charge is 0.306 e. The van der Waals surface area contributed by atoms with Gasteiger partial charge in [0.05, 0.1) is 0 Å². The van der Waals surface area contributed by atoms with E-state index in [-0.39, 0.29) is 31.1 Å². The second kappa shape index (κ2) is 58.9. The van der Waals surface area contributed by atoms with E-state index in [2.05, 4.69) is 69.4 Å². The molecule has 0 radical (unpaired) electrons. The van der Waals surface area contributed by atoms with Crippen molar-refractivity contribution in [3.63, 3.8) is 0 Å². The quantitative estimate of drug-likeness (QED) is 0.0261. The van der Waals surface area contributed by atoms with Gasteiger partial charge in [-0.05, 0) is 83.5 Å². The van der Waals surface area contributed by atoms with Gasteiger partial charge in [0.1, 0.15) is 13.2 Å². The molecular weight excluding hydrogens is 865 g/mol. The lowest BCUT2D eigenvalue weighted by Crippen LogP contribution is -2.30. The number of unbranched alkanes of at least 4 members (excludes halogenated alkanes) is 37. The lowest BCUT2D eigenvalue weighted by molar-refractivity contribution is -0.167. The third-order valence-corrected chi connectivity index (χ3v) is 13.6. The van der Waals surface area contributed by atoms with Gasteiger partial charge in [-0.25, -0.2) is 0 Å². The summed E-state index contributed by atoms with van der Waals surface area (Å²) in [5.41, 5.74) is 0. The highest BCUT2D eigenvalue weighted by Crippen LogP contribution is 2.17. The topological polar surface area (TPSA) is 78.9 Å². The molecule has 0 fully saturated rings. The van der Waals surface area contributed by atoms with Gasteiger partial charge in [0, 0.05) is 19.3 Å². The Kier molecular flexibility index (Phi) is 56.7. The Morgan fingerprint density at radius 1 is 0.286 bits per heavy atom. The molecule has 0 saturated carbocycles. The molecule has 6 nitrogen and oxygen atoms in total. The van der Waals surface area contributed by atoms with E-state index in [1.165, 1.54) is 199 Å². The highest BCUT2D eigenvalue weighted by Gasteiger charge is 2.19. The third-order valence-electron chi connectivity index (χ3n) is 13.6. The molecule has 0 aromatic rings.